The zero-order chi connectivity index (χ0) is 23.8. The number of hydrogen-bond acceptors (Lipinski definition) is 5. The molecule has 0 aliphatic rings. The molecule has 0 saturated carbocycles. The van der Waals surface area contributed by atoms with E-state index < -0.39 is 25.5 Å². The molecule has 0 heterocycles. The van der Waals surface area contributed by atoms with Crippen LogP contribution in [0.2, 0.25) is 0 Å². The van der Waals surface area contributed by atoms with Crippen LogP contribution in [0.15, 0.2) is 66.7 Å². The monoisotopic (exact) mass is 468 g/mol. The minimum Gasteiger partial charge on any atom is -0.368 e. The Morgan fingerprint density at radius 3 is 2.12 bits per heavy atom. The van der Waals surface area contributed by atoms with Gasteiger partial charge in [0.1, 0.15) is 6.04 Å². The molecule has 174 valence electrons. The Balaban J connectivity index is 1.68. The Bertz CT molecular complexity index is 1150. The number of fused-ring (bicyclic) bond motifs is 1. The molecule has 33 heavy (non-hydrogen) atoms. The third kappa shape index (κ3) is 6.75. The Morgan fingerprint density at radius 1 is 0.909 bits per heavy atom. The lowest BCUT2D eigenvalue weighted by Gasteiger charge is -2.18. The van der Waals surface area contributed by atoms with Gasteiger partial charge in [-0.2, -0.15) is 0 Å². The van der Waals surface area contributed by atoms with Gasteiger partial charge in [-0.15, -0.1) is 0 Å². The smallest absolute Gasteiger partial charge is 0.335 e. The van der Waals surface area contributed by atoms with Crippen molar-refractivity contribution in [2.45, 2.75) is 32.5 Å². The Morgan fingerprint density at radius 2 is 1.52 bits per heavy atom. The fraction of sp³-hybridized carbons (Fsp3) is 0.280. The number of carbonyl (C=O) groups is 2. The van der Waals surface area contributed by atoms with Crippen LogP contribution >= 0.6 is 7.60 Å². The molecule has 8 heteroatoms. The Hall–Kier alpha value is -2.99. The van der Waals surface area contributed by atoms with Gasteiger partial charge in [0.2, 0.25) is 5.91 Å². The third-order valence-corrected chi connectivity index (χ3v) is 7.20. The highest BCUT2D eigenvalue weighted by atomic mass is 31.2. The van der Waals surface area contributed by atoms with Crippen LogP contribution in [-0.4, -0.2) is 31.1 Å². The van der Waals surface area contributed by atoms with Gasteiger partial charge in [0.05, 0.1) is 19.4 Å². The topological polar surface area (TPSA) is 108 Å². The quantitative estimate of drug-likeness (QED) is 0.405. The minimum atomic E-state index is -3.23. The molecule has 1 atom stereocenters. The number of nitrogens with one attached hydrogen (secondary N) is 1. The zero-order valence-corrected chi connectivity index (χ0v) is 19.7. The molecule has 0 spiro atoms. The van der Waals surface area contributed by atoms with Gasteiger partial charge in [-0.05, 0) is 47.9 Å². The highest BCUT2D eigenvalue weighted by Crippen LogP contribution is 2.51. The number of amides is 2. The molecule has 0 radical (unpaired) electrons. The molecule has 0 fully saturated rings. The number of carbonyl (C=O) groups excluding carboxylic acids is 2. The van der Waals surface area contributed by atoms with Crippen LogP contribution in [0.4, 0.5) is 0 Å². The van der Waals surface area contributed by atoms with Crippen LogP contribution < -0.4 is 11.1 Å². The number of hydrogen-bond donors (Lipinski definition) is 2. The second kappa shape index (κ2) is 11.2. The number of rotatable bonds is 11. The molecule has 0 aliphatic carbocycles. The first-order valence-electron chi connectivity index (χ1n) is 10.9. The van der Waals surface area contributed by atoms with Gasteiger partial charge in [0.15, 0.2) is 0 Å². The highest BCUT2D eigenvalue weighted by Gasteiger charge is 2.24. The van der Waals surface area contributed by atoms with E-state index in [0.717, 1.165) is 21.9 Å². The molecule has 0 unspecified atom stereocenters. The molecule has 7 nitrogen and oxygen atoms in total. The number of nitrogens with two attached hydrogens (primary N) is 1. The maximum absolute atomic E-state index is 12.7. The summed E-state index contributed by atoms with van der Waals surface area (Å²) < 4.78 is 23.3. The lowest BCUT2D eigenvalue weighted by Crippen LogP contribution is -2.45. The second-order valence-corrected chi connectivity index (χ2v) is 9.67. The molecule has 0 bridgehead atoms. The molecular weight excluding hydrogens is 439 g/mol. The van der Waals surface area contributed by atoms with E-state index in [2.05, 4.69) is 5.32 Å². The van der Waals surface area contributed by atoms with E-state index in [9.17, 15) is 14.2 Å². The van der Waals surface area contributed by atoms with E-state index in [1.807, 2.05) is 42.5 Å². The second-order valence-electron chi connectivity index (χ2n) is 7.62. The van der Waals surface area contributed by atoms with Crippen molar-refractivity contribution >= 4 is 30.2 Å². The fourth-order valence-electron chi connectivity index (χ4n) is 3.57. The van der Waals surface area contributed by atoms with Gasteiger partial charge < -0.3 is 20.1 Å². The molecular formula is C25H29N2O5P. The van der Waals surface area contributed by atoms with Crippen molar-refractivity contribution in [1.82, 2.24) is 5.32 Å². The maximum Gasteiger partial charge on any atom is 0.335 e. The van der Waals surface area contributed by atoms with Crippen molar-refractivity contribution in [2.75, 3.05) is 13.2 Å². The lowest BCUT2D eigenvalue weighted by atomic mass is 10.0. The molecule has 3 aromatic rings. The van der Waals surface area contributed by atoms with Gasteiger partial charge in [-0.3, -0.25) is 14.2 Å². The molecule has 2 amide bonds. The first kappa shape index (κ1) is 24.6. The molecule has 0 saturated heterocycles. The average molecular weight is 468 g/mol. The predicted molar refractivity (Wildman–Crippen MR) is 129 cm³/mol. The largest absolute Gasteiger partial charge is 0.368 e. The summed E-state index contributed by atoms with van der Waals surface area (Å²) in [4.78, 5) is 24.8. The van der Waals surface area contributed by atoms with E-state index in [-0.39, 0.29) is 25.8 Å². The van der Waals surface area contributed by atoms with Gasteiger partial charge in [-0.25, -0.2) is 0 Å². The molecule has 0 aliphatic heterocycles. The summed E-state index contributed by atoms with van der Waals surface area (Å²) in [6, 6.07) is 19.6. The average Bonchev–Trinajstić information content (AvgIpc) is 2.79. The van der Waals surface area contributed by atoms with Crippen LogP contribution in [0.1, 0.15) is 35.3 Å². The van der Waals surface area contributed by atoms with Gasteiger partial charge >= 0.3 is 7.60 Å². The SMILES string of the molecule is CCOP(=O)(Cc1ccc(C(=O)N[C@H](Cc2ccc3ccccc3c2)C(N)=O)cc1)OCC. The van der Waals surface area contributed by atoms with Crippen LogP contribution in [0, 0.1) is 0 Å². The van der Waals surface area contributed by atoms with Crippen molar-refractivity contribution in [3.63, 3.8) is 0 Å². The molecule has 3 aromatic carbocycles. The van der Waals surface area contributed by atoms with Gasteiger partial charge in [0.25, 0.3) is 5.91 Å². The standard InChI is InChI=1S/C25H29N2O5P/c1-3-31-33(30,32-4-2)17-18-9-13-21(14-10-18)25(29)27-23(24(26)28)16-19-11-12-20-7-5-6-8-22(20)15-19/h5-15,23H,3-4,16-17H2,1-2H3,(H2,26,28)(H,27,29)/t23-/m1/s1. The predicted octanol–water partition coefficient (Wildman–Crippen LogP) is 4.43. The summed E-state index contributed by atoms with van der Waals surface area (Å²) in [6.07, 6.45) is 0.401. The van der Waals surface area contributed by atoms with Crippen molar-refractivity contribution < 1.29 is 23.2 Å². The molecule has 3 N–H and O–H groups in total. The summed E-state index contributed by atoms with van der Waals surface area (Å²) in [5.74, 6) is -1.02. The van der Waals surface area contributed by atoms with Crippen LogP contribution in [-0.2, 0) is 31.0 Å². The van der Waals surface area contributed by atoms with Crippen molar-refractivity contribution in [3.8, 4) is 0 Å². The van der Waals surface area contributed by atoms with Crippen molar-refractivity contribution in [2.24, 2.45) is 5.73 Å². The van der Waals surface area contributed by atoms with Gasteiger partial charge in [-0.1, -0.05) is 54.6 Å². The van der Waals surface area contributed by atoms with E-state index >= 15 is 0 Å². The normalized spacial score (nSPS) is 12.4. The maximum atomic E-state index is 12.7. The van der Waals surface area contributed by atoms with E-state index in [1.165, 1.54) is 0 Å². The third-order valence-electron chi connectivity index (χ3n) is 5.15. The number of benzene rings is 3. The highest BCUT2D eigenvalue weighted by molar-refractivity contribution is 7.53. The van der Waals surface area contributed by atoms with E-state index in [4.69, 9.17) is 14.8 Å². The van der Waals surface area contributed by atoms with Crippen LogP contribution in [0.25, 0.3) is 10.8 Å². The molecule has 3 rings (SSSR count). The summed E-state index contributed by atoms with van der Waals surface area (Å²) in [6.45, 7) is 4.07. The van der Waals surface area contributed by atoms with E-state index in [0.29, 0.717) is 5.56 Å². The first-order valence-corrected chi connectivity index (χ1v) is 12.6. The summed E-state index contributed by atoms with van der Waals surface area (Å²) >= 11 is 0. The van der Waals surface area contributed by atoms with E-state index in [1.54, 1.807) is 38.1 Å². The molecule has 0 aromatic heterocycles. The van der Waals surface area contributed by atoms with Crippen molar-refractivity contribution in [1.29, 1.82) is 0 Å². The minimum absolute atomic E-state index is 0.114. The Labute approximate surface area is 193 Å². The summed E-state index contributed by atoms with van der Waals surface area (Å²) in [5.41, 5.74) is 7.55. The van der Waals surface area contributed by atoms with Gasteiger partial charge in [0, 0.05) is 12.0 Å². The first-order chi connectivity index (χ1) is 15.8. The summed E-state index contributed by atoms with van der Waals surface area (Å²) in [5, 5.41) is 4.87. The number of primary amides is 1. The van der Waals surface area contributed by atoms with Crippen LogP contribution in [0.5, 0.6) is 0 Å². The Kier molecular flexibility index (Phi) is 8.39. The fourth-order valence-corrected chi connectivity index (χ4v) is 5.27. The zero-order valence-electron chi connectivity index (χ0n) is 18.8. The summed E-state index contributed by atoms with van der Waals surface area (Å²) in [7, 11) is -3.23. The lowest BCUT2D eigenvalue weighted by molar-refractivity contribution is -0.119. The van der Waals surface area contributed by atoms with Crippen LogP contribution in [0.3, 0.4) is 0 Å². The van der Waals surface area contributed by atoms with Crippen molar-refractivity contribution in [3.05, 3.63) is 83.4 Å².